The van der Waals surface area contributed by atoms with Crippen LogP contribution < -0.4 is 4.90 Å². The second-order valence-corrected chi connectivity index (χ2v) is 4.05. The van der Waals surface area contributed by atoms with Crippen molar-refractivity contribution in [2.45, 2.75) is 0 Å². The molecule has 0 bridgehead atoms. The zero-order valence-corrected chi connectivity index (χ0v) is 9.90. The van der Waals surface area contributed by atoms with Gasteiger partial charge in [0.15, 0.2) is 0 Å². The van der Waals surface area contributed by atoms with Crippen molar-refractivity contribution in [3.05, 3.63) is 29.6 Å². The molecule has 88 valence electrons. The first-order valence-corrected chi connectivity index (χ1v) is 5.15. The molecule has 0 saturated heterocycles. The molecule has 3 nitrogen and oxygen atoms in total. The molecule has 0 heterocycles. The van der Waals surface area contributed by atoms with E-state index in [0.717, 1.165) is 13.1 Å². The van der Waals surface area contributed by atoms with Gasteiger partial charge in [0.05, 0.1) is 5.69 Å². The summed E-state index contributed by atoms with van der Waals surface area (Å²) in [4.78, 5) is 14.3. The van der Waals surface area contributed by atoms with Gasteiger partial charge in [0.1, 0.15) is 12.1 Å². The van der Waals surface area contributed by atoms with Crippen LogP contribution in [0.1, 0.15) is 10.4 Å². The van der Waals surface area contributed by atoms with Gasteiger partial charge in [-0.15, -0.1) is 0 Å². The third kappa shape index (κ3) is 3.31. The van der Waals surface area contributed by atoms with Crippen LogP contribution in [0, 0.1) is 5.82 Å². The maximum atomic E-state index is 13.6. The van der Waals surface area contributed by atoms with E-state index in [2.05, 4.69) is 0 Å². The first kappa shape index (κ1) is 12.6. The molecule has 16 heavy (non-hydrogen) atoms. The number of nitrogens with zero attached hydrogens (tertiary/aromatic N) is 2. The topological polar surface area (TPSA) is 23.6 Å². The van der Waals surface area contributed by atoms with Crippen molar-refractivity contribution in [1.29, 1.82) is 0 Å². The predicted molar refractivity (Wildman–Crippen MR) is 63.6 cm³/mol. The fraction of sp³-hybridized carbons (Fsp3) is 0.417. The molecule has 0 radical (unpaired) electrons. The molecule has 0 aliphatic carbocycles. The summed E-state index contributed by atoms with van der Waals surface area (Å²) in [6, 6.07) is 4.51. The molecule has 0 N–H and O–H groups in total. The predicted octanol–water partition coefficient (Wildman–Crippen LogP) is 1.64. The Balaban J connectivity index is 2.75. The largest absolute Gasteiger partial charge is 0.371 e. The standard InChI is InChI=1S/C12H17FN2O/c1-14(2)6-7-15(3)12-5-4-10(9-16)8-11(12)13/h4-5,8-9H,6-7H2,1-3H3. The number of anilines is 1. The van der Waals surface area contributed by atoms with Gasteiger partial charge in [-0.05, 0) is 32.3 Å². The van der Waals surface area contributed by atoms with Gasteiger partial charge in [0.25, 0.3) is 0 Å². The molecule has 0 fully saturated rings. The lowest BCUT2D eigenvalue weighted by Gasteiger charge is -2.22. The summed E-state index contributed by atoms with van der Waals surface area (Å²) in [6.07, 6.45) is 0.646. The van der Waals surface area contributed by atoms with Crippen molar-refractivity contribution < 1.29 is 9.18 Å². The Morgan fingerprint density at radius 1 is 1.25 bits per heavy atom. The van der Waals surface area contributed by atoms with Crippen LogP contribution >= 0.6 is 0 Å². The van der Waals surface area contributed by atoms with Crippen molar-refractivity contribution in [2.24, 2.45) is 0 Å². The highest BCUT2D eigenvalue weighted by atomic mass is 19.1. The summed E-state index contributed by atoms with van der Waals surface area (Å²) in [5.74, 6) is -0.356. The first-order valence-electron chi connectivity index (χ1n) is 5.15. The molecule has 0 amide bonds. The summed E-state index contributed by atoms with van der Waals surface area (Å²) in [7, 11) is 5.78. The van der Waals surface area contributed by atoms with E-state index in [-0.39, 0.29) is 5.82 Å². The lowest BCUT2D eigenvalue weighted by molar-refractivity contribution is 0.112. The van der Waals surface area contributed by atoms with Crippen LogP contribution in [0.4, 0.5) is 10.1 Å². The maximum Gasteiger partial charge on any atom is 0.150 e. The van der Waals surface area contributed by atoms with Crippen LogP contribution in [0.15, 0.2) is 18.2 Å². The lowest BCUT2D eigenvalue weighted by Crippen LogP contribution is -2.29. The smallest absolute Gasteiger partial charge is 0.150 e. The second kappa shape index (κ2) is 5.61. The van der Waals surface area contributed by atoms with Crippen molar-refractivity contribution in [3.8, 4) is 0 Å². The van der Waals surface area contributed by atoms with Crippen LogP contribution in [0.2, 0.25) is 0 Å². The fourth-order valence-electron chi connectivity index (χ4n) is 1.38. The lowest BCUT2D eigenvalue weighted by atomic mass is 10.2. The number of rotatable bonds is 5. The molecule has 0 spiro atoms. The monoisotopic (exact) mass is 224 g/mol. The molecular weight excluding hydrogens is 207 g/mol. The zero-order valence-electron chi connectivity index (χ0n) is 9.90. The normalized spacial score (nSPS) is 10.6. The Morgan fingerprint density at radius 3 is 2.44 bits per heavy atom. The number of benzene rings is 1. The highest BCUT2D eigenvalue weighted by Crippen LogP contribution is 2.18. The highest BCUT2D eigenvalue weighted by Gasteiger charge is 2.08. The highest BCUT2D eigenvalue weighted by molar-refractivity contribution is 5.75. The zero-order chi connectivity index (χ0) is 12.1. The van der Waals surface area contributed by atoms with Gasteiger partial charge in [-0.2, -0.15) is 0 Å². The number of likely N-dealkylation sites (N-methyl/N-ethyl adjacent to an activating group) is 2. The van der Waals surface area contributed by atoms with Gasteiger partial charge >= 0.3 is 0 Å². The van der Waals surface area contributed by atoms with Crippen molar-refractivity contribution in [2.75, 3.05) is 39.1 Å². The number of carbonyl (C=O) groups excluding carboxylic acids is 1. The summed E-state index contributed by atoms with van der Waals surface area (Å²) >= 11 is 0. The SMILES string of the molecule is CN(C)CCN(C)c1ccc(C=O)cc1F. The fourth-order valence-corrected chi connectivity index (χ4v) is 1.38. The average Bonchev–Trinajstić information content (AvgIpc) is 2.25. The van der Waals surface area contributed by atoms with Crippen molar-refractivity contribution in [1.82, 2.24) is 4.90 Å². The molecule has 0 atom stereocenters. The van der Waals surface area contributed by atoms with Gasteiger partial charge in [-0.3, -0.25) is 4.79 Å². The Morgan fingerprint density at radius 2 is 1.94 bits per heavy atom. The third-order valence-corrected chi connectivity index (χ3v) is 2.40. The van der Waals surface area contributed by atoms with E-state index in [1.54, 1.807) is 12.1 Å². The summed E-state index contributed by atoms with van der Waals surface area (Å²) in [6.45, 7) is 1.59. The molecule has 0 unspecified atom stereocenters. The minimum atomic E-state index is -0.356. The van der Waals surface area contributed by atoms with E-state index in [1.807, 2.05) is 30.9 Å². The summed E-state index contributed by atoms with van der Waals surface area (Å²) < 4.78 is 13.6. The molecule has 0 aromatic heterocycles. The van der Waals surface area contributed by atoms with Gasteiger partial charge in [-0.25, -0.2) is 4.39 Å². The molecule has 0 saturated carbocycles. The Labute approximate surface area is 95.5 Å². The van der Waals surface area contributed by atoms with E-state index in [1.165, 1.54) is 6.07 Å². The molecule has 1 aromatic carbocycles. The van der Waals surface area contributed by atoms with E-state index < -0.39 is 0 Å². The van der Waals surface area contributed by atoms with E-state index in [4.69, 9.17) is 0 Å². The van der Waals surface area contributed by atoms with Crippen LogP contribution in [-0.4, -0.2) is 45.4 Å². The van der Waals surface area contributed by atoms with Crippen LogP contribution in [0.3, 0.4) is 0 Å². The quantitative estimate of drug-likeness (QED) is 0.710. The molecule has 4 heteroatoms. The van der Waals surface area contributed by atoms with Gasteiger partial charge in [0.2, 0.25) is 0 Å². The molecule has 1 aromatic rings. The maximum absolute atomic E-state index is 13.6. The van der Waals surface area contributed by atoms with Crippen molar-refractivity contribution >= 4 is 12.0 Å². The minimum absolute atomic E-state index is 0.356. The molecule has 0 aliphatic heterocycles. The number of aldehydes is 1. The van der Waals surface area contributed by atoms with Gasteiger partial charge in [-0.1, -0.05) is 0 Å². The number of halogens is 1. The Kier molecular flexibility index (Phi) is 4.43. The third-order valence-electron chi connectivity index (χ3n) is 2.40. The summed E-state index contributed by atoms with van der Waals surface area (Å²) in [5, 5.41) is 0. The number of hydrogen-bond donors (Lipinski definition) is 0. The summed E-state index contributed by atoms with van der Waals surface area (Å²) in [5.41, 5.74) is 0.884. The molecule has 1 rings (SSSR count). The Hall–Kier alpha value is -1.42. The van der Waals surface area contributed by atoms with Crippen LogP contribution in [0.5, 0.6) is 0 Å². The van der Waals surface area contributed by atoms with Crippen LogP contribution in [0.25, 0.3) is 0 Å². The first-order chi connectivity index (χ1) is 7.54. The van der Waals surface area contributed by atoms with Gasteiger partial charge in [0, 0.05) is 25.7 Å². The van der Waals surface area contributed by atoms with Crippen molar-refractivity contribution in [3.63, 3.8) is 0 Å². The van der Waals surface area contributed by atoms with E-state index in [9.17, 15) is 9.18 Å². The minimum Gasteiger partial charge on any atom is -0.371 e. The number of carbonyl (C=O) groups is 1. The molecular formula is C12H17FN2O. The van der Waals surface area contributed by atoms with E-state index >= 15 is 0 Å². The van der Waals surface area contributed by atoms with E-state index in [0.29, 0.717) is 17.5 Å². The Bertz CT molecular complexity index is 366. The number of hydrogen-bond acceptors (Lipinski definition) is 3. The van der Waals surface area contributed by atoms with Gasteiger partial charge < -0.3 is 9.80 Å². The second-order valence-electron chi connectivity index (χ2n) is 4.05. The average molecular weight is 224 g/mol. The van der Waals surface area contributed by atoms with Crippen LogP contribution in [-0.2, 0) is 0 Å². The molecule has 0 aliphatic rings.